The lowest BCUT2D eigenvalue weighted by molar-refractivity contribution is -0.126. The van der Waals surface area contributed by atoms with E-state index in [1.54, 1.807) is 12.0 Å². The molecule has 0 aromatic heterocycles. The van der Waals surface area contributed by atoms with Gasteiger partial charge in [0.1, 0.15) is 5.75 Å². The number of aryl methyl sites for hydroxylation is 3. The summed E-state index contributed by atoms with van der Waals surface area (Å²) in [5.74, 6) is 0.184. The lowest BCUT2D eigenvalue weighted by Gasteiger charge is -2.22. The van der Waals surface area contributed by atoms with Crippen LogP contribution in [0.4, 0.5) is 5.69 Å². The van der Waals surface area contributed by atoms with Crippen molar-refractivity contribution in [2.75, 3.05) is 18.6 Å². The predicted octanol–water partition coefficient (Wildman–Crippen LogP) is 4.11. The standard InChI is InChI=1S/C25H30N2O3/c1-16-8-11-23(30-3)22(12-16)27-15-21(14-24(27)28)25(29)26-17(2)19-10-9-18-6-4-5-7-20(18)13-19/h8-13,17,21H,4-7,14-15H2,1-3H3,(H,26,29). The van der Waals surface area contributed by atoms with E-state index in [4.69, 9.17) is 4.74 Å². The summed E-state index contributed by atoms with van der Waals surface area (Å²) in [5, 5.41) is 3.13. The minimum absolute atomic E-state index is 0.0412. The third-order valence-corrected chi connectivity index (χ3v) is 6.35. The number of fused-ring (bicyclic) bond motifs is 1. The van der Waals surface area contributed by atoms with E-state index in [-0.39, 0.29) is 30.2 Å². The first-order valence-corrected chi connectivity index (χ1v) is 10.8. The van der Waals surface area contributed by atoms with Gasteiger partial charge in [-0.25, -0.2) is 0 Å². The van der Waals surface area contributed by atoms with E-state index in [1.165, 1.54) is 24.0 Å². The largest absolute Gasteiger partial charge is 0.495 e. The van der Waals surface area contributed by atoms with Crippen molar-refractivity contribution in [1.82, 2.24) is 5.32 Å². The summed E-state index contributed by atoms with van der Waals surface area (Å²) in [7, 11) is 1.60. The van der Waals surface area contributed by atoms with Crippen molar-refractivity contribution >= 4 is 17.5 Å². The van der Waals surface area contributed by atoms with Gasteiger partial charge >= 0.3 is 0 Å². The molecule has 1 fully saturated rings. The molecule has 4 rings (SSSR count). The van der Waals surface area contributed by atoms with Gasteiger partial charge in [-0.1, -0.05) is 24.3 Å². The van der Waals surface area contributed by atoms with Gasteiger partial charge in [0, 0.05) is 13.0 Å². The zero-order valence-electron chi connectivity index (χ0n) is 18.0. The molecular weight excluding hydrogens is 376 g/mol. The summed E-state index contributed by atoms with van der Waals surface area (Å²) in [4.78, 5) is 27.3. The number of nitrogens with zero attached hydrogens (tertiary/aromatic N) is 1. The Labute approximate surface area is 178 Å². The fraction of sp³-hybridized carbons (Fsp3) is 0.440. The summed E-state index contributed by atoms with van der Waals surface area (Å²) >= 11 is 0. The second-order valence-corrected chi connectivity index (χ2v) is 8.55. The smallest absolute Gasteiger partial charge is 0.227 e. The van der Waals surface area contributed by atoms with E-state index >= 15 is 0 Å². The summed E-state index contributed by atoms with van der Waals surface area (Å²) in [6.07, 6.45) is 4.99. The van der Waals surface area contributed by atoms with Crippen molar-refractivity contribution in [3.8, 4) is 5.75 Å². The molecule has 0 spiro atoms. The minimum Gasteiger partial charge on any atom is -0.495 e. The average Bonchev–Trinajstić information content (AvgIpc) is 3.15. The molecule has 0 saturated carbocycles. The molecule has 2 amide bonds. The average molecular weight is 407 g/mol. The van der Waals surface area contributed by atoms with Crippen molar-refractivity contribution in [1.29, 1.82) is 0 Å². The van der Waals surface area contributed by atoms with Gasteiger partial charge in [-0.2, -0.15) is 0 Å². The van der Waals surface area contributed by atoms with Gasteiger partial charge in [0.25, 0.3) is 0 Å². The molecule has 0 bridgehead atoms. The number of amides is 2. The van der Waals surface area contributed by atoms with Crippen LogP contribution in [-0.4, -0.2) is 25.5 Å². The van der Waals surface area contributed by atoms with Crippen LogP contribution >= 0.6 is 0 Å². The third-order valence-electron chi connectivity index (χ3n) is 6.35. The number of anilines is 1. The zero-order valence-corrected chi connectivity index (χ0v) is 18.0. The second-order valence-electron chi connectivity index (χ2n) is 8.55. The maximum atomic E-state index is 12.9. The van der Waals surface area contributed by atoms with E-state index in [0.29, 0.717) is 12.3 Å². The molecule has 5 heteroatoms. The maximum absolute atomic E-state index is 12.9. The Hall–Kier alpha value is -2.82. The molecule has 158 valence electrons. The van der Waals surface area contributed by atoms with Gasteiger partial charge in [-0.3, -0.25) is 9.59 Å². The number of nitrogens with one attached hydrogen (secondary N) is 1. The Kier molecular flexibility index (Phi) is 5.80. The molecule has 1 heterocycles. The summed E-state index contributed by atoms with van der Waals surface area (Å²) in [6.45, 7) is 4.37. The Morgan fingerprint density at radius 3 is 2.67 bits per heavy atom. The van der Waals surface area contributed by atoms with Gasteiger partial charge in [-0.15, -0.1) is 0 Å². The highest BCUT2D eigenvalue weighted by molar-refractivity contribution is 6.01. The van der Waals surface area contributed by atoms with Crippen molar-refractivity contribution in [3.05, 3.63) is 58.7 Å². The number of methoxy groups -OCH3 is 1. The van der Waals surface area contributed by atoms with Crippen LogP contribution in [0.15, 0.2) is 36.4 Å². The van der Waals surface area contributed by atoms with Crippen molar-refractivity contribution in [3.63, 3.8) is 0 Å². The first-order valence-electron chi connectivity index (χ1n) is 10.8. The third kappa shape index (κ3) is 4.07. The Bertz CT molecular complexity index is 969. The fourth-order valence-electron chi connectivity index (χ4n) is 4.56. The predicted molar refractivity (Wildman–Crippen MR) is 118 cm³/mol. The van der Waals surface area contributed by atoms with Gasteiger partial charge in [0.05, 0.1) is 24.8 Å². The molecule has 2 aliphatic rings. The molecule has 30 heavy (non-hydrogen) atoms. The molecule has 5 nitrogen and oxygen atoms in total. The van der Waals surface area contributed by atoms with E-state index < -0.39 is 0 Å². The minimum atomic E-state index is -0.359. The maximum Gasteiger partial charge on any atom is 0.227 e. The highest BCUT2D eigenvalue weighted by Crippen LogP contribution is 2.34. The second kappa shape index (κ2) is 8.50. The Morgan fingerprint density at radius 1 is 1.13 bits per heavy atom. The van der Waals surface area contributed by atoms with Gasteiger partial charge < -0.3 is 15.0 Å². The van der Waals surface area contributed by atoms with E-state index in [2.05, 4.69) is 23.5 Å². The molecule has 0 radical (unpaired) electrons. The lowest BCUT2D eigenvalue weighted by atomic mass is 9.89. The van der Waals surface area contributed by atoms with Crippen LogP contribution in [0.2, 0.25) is 0 Å². The van der Waals surface area contributed by atoms with Crippen LogP contribution in [0, 0.1) is 12.8 Å². The SMILES string of the molecule is COc1ccc(C)cc1N1CC(C(=O)NC(C)c2ccc3c(c2)CCCC3)CC1=O. The highest BCUT2D eigenvalue weighted by Gasteiger charge is 2.36. The molecule has 2 aromatic rings. The zero-order chi connectivity index (χ0) is 21.3. The number of carbonyl (C=O) groups is 2. The van der Waals surface area contributed by atoms with Crippen LogP contribution < -0.4 is 15.0 Å². The number of carbonyl (C=O) groups excluding carboxylic acids is 2. The quantitative estimate of drug-likeness (QED) is 0.813. The Morgan fingerprint density at radius 2 is 1.90 bits per heavy atom. The molecule has 2 aromatic carbocycles. The summed E-state index contributed by atoms with van der Waals surface area (Å²) < 4.78 is 5.43. The molecule has 2 unspecified atom stereocenters. The Balaban J connectivity index is 1.44. The molecule has 1 N–H and O–H groups in total. The lowest BCUT2D eigenvalue weighted by Crippen LogP contribution is -2.34. The molecule has 1 aliphatic carbocycles. The van der Waals surface area contributed by atoms with Gasteiger partial charge in [-0.05, 0) is 73.9 Å². The van der Waals surface area contributed by atoms with Crippen LogP contribution in [0.1, 0.15) is 54.5 Å². The highest BCUT2D eigenvalue weighted by atomic mass is 16.5. The first kappa shape index (κ1) is 20.5. The monoisotopic (exact) mass is 406 g/mol. The molecular formula is C25H30N2O3. The molecule has 1 aliphatic heterocycles. The number of hydrogen-bond acceptors (Lipinski definition) is 3. The van der Waals surface area contributed by atoms with Gasteiger partial charge in [0.15, 0.2) is 0 Å². The van der Waals surface area contributed by atoms with Crippen LogP contribution in [0.25, 0.3) is 0 Å². The number of rotatable bonds is 5. The number of hydrogen-bond donors (Lipinski definition) is 1. The van der Waals surface area contributed by atoms with Crippen molar-refractivity contribution in [2.24, 2.45) is 5.92 Å². The van der Waals surface area contributed by atoms with Crippen molar-refractivity contribution in [2.45, 2.75) is 52.0 Å². The van der Waals surface area contributed by atoms with Crippen LogP contribution in [-0.2, 0) is 22.4 Å². The van der Waals surface area contributed by atoms with E-state index in [0.717, 1.165) is 29.7 Å². The number of ether oxygens (including phenoxy) is 1. The van der Waals surface area contributed by atoms with Crippen LogP contribution in [0.3, 0.4) is 0 Å². The van der Waals surface area contributed by atoms with E-state index in [9.17, 15) is 9.59 Å². The van der Waals surface area contributed by atoms with E-state index in [1.807, 2.05) is 32.0 Å². The number of benzene rings is 2. The first-order chi connectivity index (χ1) is 14.5. The van der Waals surface area contributed by atoms with Gasteiger partial charge in [0.2, 0.25) is 11.8 Å². The summed E-state index contributed by atoms with van der Waals surface area (Å²) in [5.41, 5.74) is 5.76. The molecule has 2 atom stereocenters. The summed E-state index contributed by atoms with van der Waals surface area (Å²) in [6, 6.07) is 12.2. The van der Waals surface area contributed by atoms with Crippen molar-refractivity contribution < 1.29 is 14.3 Å². The normalized spacial score (nSPS) is 19.4. The topological polar surface area (TPSA) is 58.6 Å². The molecule has 1 saturated heterocycles. The van der Waals surface area contributed by atoms with Crippen LogP contribution in [0.5, 0.6) is 5.75 Å². The fourth-order valence-corrected chi connectivity index (χ4v) is 4.56.